The van der Waals surface area contributed by atoms with Gasteiger partial charge in [-0.1, -0.05) is 23.2 Å². The van der Waals surface area contributed by atoms with Gasteiger partial charge in [0.05, 0.1) is 17.1 Å². The third-order valence-corrected chi connectivity index (χ3v) is 2.74. The van der Waals surface area contributed by atoms with Crippen molar-refractivity contribution in [3.8, 4) is 0 Å². The molecular formula is C10H11Cl2N3O2. The first-order chi connectivity index (χ1) is 7.95. The summed E-state index contributed by atoms with van der Waals surface area (Å²) in [5, 5.41) is 0.314. The van der Waals surface area contributed by atoms with Crippen molar-refractivity contribution in [2.75, 3.05) is 13.1 Å². The summed E-state index contributed by atoms with van der Waals surface area (Å²) in [7, 11) is 0. The van der Waals surface area contributed by atoms with E-state index in [0.29, 0.717) is 6.54 Å². The molecule has 2 N–H and O–H groups in total. The van der Waals surface area contributed by atoms with E-state index in [-0.39, 0.29) is 28.2 Å². The van der Waals surface area contributed by atoms with E-state index in [2.05, 4.69) is 4.98 Å². The smallest absolute Gasteiger partial charge is 0.255 e. The van der Waals surface area contributed by atoms with E-state index in [4.69, 9.17) is 28.9 Å². The van der Waals surface area contributed by atoms with Crippen molar-refractivity contribution < 1.29 is 9.59 Å². The quantitative estimate of drug-likeness (QED) is 0.843. The van der Waals surface area contributed by atoms with E-state index in [0.717, 1.165) is 0 Å². The summed E-state index contributed by atoms with van der Waals surface area (Å²) in [6.07, 6.45) is 1.31. The molecule has 0 radical (unpaired) electrons. The van der Waals surface area contributed by atoms with Crippen LogP contribution in [0.15, 0.2) is 12.3 Å². The van der Waals surface area contributed by atoms with Crippen molar-refractivity contribution in [2.45, 2.75) is 6.92 Å². The molecule has 0 spiro atoms. The maximum atomic E-state index is 12.0. The van der Waals surface area contributed by atoms with Gasteiger partial charge >= 0.3 is 0 Å². The Balaban J connectivity index is 2.93. The van der Waals surface area contributed by atoms with Crippen LogP contribution >= 0.6 is 23.2 Å². The van der Waals surface area contributed by atoms with E-state index >= 15 is 0 Å². The molecule has 1 heterocycles. The van der Waals surface area contributed by atoms with Crippen LogP contribution in [0.25, 0.3) is 0 Å². The van der Waals surface area contributed by atoms with E-state index in [1.807, 2.05) is 0 Å². The average Bonchev–Trinajstić information content (AvgIpc) is 2.28. The second-order valence-corrected chi connectivity index (χ2v) is 4.05. The molecule has 0 aromatic carbocycles. The number of carbonyl (C=O) groups excluding carboxylic acids is 2. The molecule has 0 fully saturated rings. The van der Waals surface area contributed by atoms with Gasteiger partial charge < -0.3 is 10.6 Å². The third kappa shape index (κ3) is 3.57. The van der Waals surface area contributed by atoms with Crippen LogP contribution in [0.2, 0.25) is 10.2 Å². The van der Waals surface area contributed by atoms with Crippen LogP contribution in [0.3, 0.4) is 0 Å². The first-order valence-electron chi connectivity index (χ1n) is 4.84. The van der Waals surface area contributed by atoms with Gasteiger partial charge in [0.15, 0.2) is 0 Å². The molecule has 0 bridgehead atoms. The number of likely N-dealkylation sites (N-methyl/N-ethyl adjacent to an activating group) is 1. The predicted molar refractivity (Wildman–Crippen MR) is 65.0 cm³/mol. The Morgan fingerprint density at radius 1 is 1.47 bits per heavy atom. The van der Waals surface area contributed by atoms with E-state index in [1.165, 1.54) is 17.2 Å². The van der Waals surface area contributed by atoms with Crippen molar-refractivity contribution in [3.05, 3.63) is 28.0 Å². The average molecular weight is 276 g/mol. The zero-order chi connectivity index (χ0) is 13.0. The van der Waals surface area contributed by atoms with Gasteiger partial charge in [-0.2, -0.15) is 0 Å². The second-order valence-electron chi connectivity index (χ2n) is 3.28. The fraction of sp³-hybridized carbons (Fsp3) is 0.300. The van der Waals surface area contributed by atoms with Crippen molar-refractivity contribution in [3.63, 3.8) is 0 Å². The number of rotatable bonds is 4. The van der Waals surface area contributed by atoms with Gasteiger partial charge in [0.1, 0.15) is 5.15 Å². The summed E-state index contributed by atoms with van der Waals surface area (Å²) in [4.78, 5) is 27.8. The van der Waals surface area contributed by atoms with Gasteiger partial charge in [-0.15, -0.1) is 0 Å². The number of hydrogen-bond donors (Lipinski definition) is 1. The number of nitrogens with zero attached hydrogens (tertiary/aromatic N) is 2. The Morgan fingerprint density at radius 3 is 2.59 bits per heavy atom. The first kappa shape index (κ1) is 13.7. The van der Waals surface area contributed by atoms with Gasteiger partial charge in [-0.05, 0) is 13.0 Å². The monoisotopic (exact) mass is 275 g/mol. The minimum atomic E-state index is -0.576. The Bertz CT molecular complexity index is 451. The highest BCUT2D eigenvalue weighted by Gasteiger charge is 2.17. The normalized spacial score (nSPS) is 10.1. The Hall–Kier alpha value is -1.33. The topological polar surface area (TPSA) is 76.3 Å². The van der Waals surface area contributed by atoms with Crippen LogP contribution in [-0.2, 0) is 4.79 Å². The second kappa shape index (κ2) is 5.84. The Labute approximate surface area is 109 Å². The van der Waals surface area contributed by atoms with Crippen molar-refractivity contribution in [1.29, 1.82) is 0 Å². The molecule has 0 saturated carbocycles. The van der Waals surface area contributed by atoms with Crippen molar-refractivity contribution in [1.82, 2.24) is 9.88 Å². The van der Waals surface area contributed by atoms with Crippen molar-refractivity contribution in [2.24, 2.45) is 5.73 Å². The van der Waals surface area contributed by atoms with Crippen LogP contribution in [-0.4, -0.2) is 34.8 Å². The van der Waals surface area contributed by atoms with Crippen LogP contribution in [0, 0.1) is 0 Å². The van der Waals surface area contributed by atoms with E-state index in [1.54, 1.807) is 6.92 Å². The summed E-state index contributed by atoms with van der Waals surface area (Å²) in [5.74, 6) is -0.939. The van der Waals surface area contributed by atoms with Gasteiger partial charge in [0.2, 0.25) is 5.91 Å². The molecule has 5 nitrogen and oxygen atoms in total. The summed E-state index contributed by atoms with van der Waals surface area (Å²) in [6.45, 7) is 1.96. The largest absolute Gasteiger partial charge is 0.368 e. The highest BCUT2D eigenvalue weighted by molar-refractivity contribution is 6.41. The lowest BCUT2D eigenvalue weighted by atomic mass is 10.2. The molecule has 0 atom stereocenters. The molecule has 1 aromatic heterocycles. The lowest BCUT2D eigenvalue weighted by Gasteiger charge is -2.18. The number of hydrogen-bond acceptors (Lipinski definition) is 3. The zero-order valence-electron chi connectivity index (χ0n) is 9.11. The molecule has 0 unspecified atom stereocenters. The molecular weight excluding hydrogens is 265 g/mol. The zero-order valence-corrected chi connectivity index (χ0v) is 10.6. The summed E-state index contributed by atoms with van der Waals surface area (Å²) in [6, 6.07) is 1.41. The maximum Gasteiger partial charge on any atom is 0.255 e. The minimum absolute atomic E-state index is 0.126. The minimum Gasteiger partial charge on any atom is -0.368 e. The number of primary amides is 1. The van der Waals surface area contributed by atoms with E-state index < -0.39 is 5.91 Å². The molecule has 2 amide bonds. The lowest BCUT2D eigenvalue weighted by Crippen LogP contribution is -2.38. The summed E-state index contributed by atoms with van der Waals surface area (Å²) in [5.41, 5.74) is 5.31. The van der Waals surface area contributed by atoms with E-state index in [9.17, 15) is 9.59 Å². The summed E-state index contributed by atoms with van der Waals surface area (Å²) < 4.78 is 0. The molecule has 0 aliphatic carbocycles. The van der Waals surface area contributed by atoms with Crippen molar-refractivity contribution >= 4 is 35.0 Å². The third-order valence-electron chi connectivity index (χ3n) is 2.06. The molecule has 0 aliphatic heterocycles. The summed E-state index contributed by atoms with van der Waals surface area (Å²) >= 11 is 11.4. The number of amides is 2. The molecule has 17 heavy (non-hydrogen) atoms. The van der Waals surface area contributed by atoms with Crippen LogP contribution in [0.5, 0.6) is 0 Å². The lowest BCUT2D eigenvalue weighted by molar-refractivity contribution is -0.118. The van der Waals surface area contributed by atoms with Gasteiger partial charge in [0, 0.05) is 12.7 Å². The molecule has 0 saturated heterocycles. The number of carbonyl (C=O) groups is 2. The van der Waals surface area contributed by atoms with Gasteiger partial charge in [-0.3, -0.25) is 9.59 Å². The molecule has 7 heteroatoms. The van der Waals surface area contributed by atoms with Crippen LogP contribution < -0.4 is 5.73 Å². The Morgan fingerprint density at radius 2 is 2.12 bits per heavy atom. The Kier molecular flexibility index (Phi) is 4.72. The fourth-order valence-electron chi connectivity index (χ4n) is 1.24. The predicted octanol–water partition coefficient (Wildman–Crippen LogP) is 1.34. The molecule has 92 valence electrons. The van der Waals surface area contributed by atoms with Crippen LogP contribution in [0.4, 0.5) is 0 Å². The molecule has 0 aliphatic rings. The standard InChI is InChI=1S/C10H11Cl2N3O2/c1-2-15(5-8(13)16)10(17)6-3-7(11)9(12)14-4-6/h3-4H,2,5H2,1H3,(H2,13,16). The number of aromatic nitrogens is 1. The molecule has 1 aromatic rings. The maximum absolute atomic E-state index is 12.0. The van der Waals surface area contributed by atoms with Gasteiger partial charge in [-0.25, -0.2) is 4.98 Å². The fourth-order valence-corrected chi connectivity index (χ4v) is 1.51. The highest BCUT2D eigenvalue weighted by atomic mass is 35.5. The first-order valence-corrected chi connectivity index (χ1v) is 5.60. The van der Waals surface area contributed by atoms with Crippen LogP contribution in [0.1, 0.15) is 17.3 Å². The number of nitrogens with two attached hydrogens (primary N) is 1. The van der Waals surface area contributed by atoms with Gasteiger partial charge in [0.25, 0.3) is 5.91 Å². The molecule has 1 rings (SSSR count). The number of pyridine rings is 1. The SMILES string of the molecule is CCN(CC(N)=O)C(=O)c1cnc(Cl)c(Cl)c1. The highest BCUT2D eigenvalue weighted by Crippen LogP contribution is 2.20. The number of halogens is 2.